The summed E-state index contributed by atoms with van der Waals surface area (Å²) in [6.45, 7) is 2.47. The van der Waals surface area contributed by atoms with Crippen molar-refractivity contribution in [1.29, 1.82) is 0 Å². The lowest BCUT2D eigenvalue weighted by Gasteiger charge is -2.18. The van der Waals surface area contributed by atoms with Gasteiger partial charge in [0.2, 0.25) is 0 Å². The molecule has 3 nitrogen and oxygen atoms in total. The third kappa shape index (κ3) is 2.44. The maximum atomic E-state index is 11.9. The molecule has 0 fully saturated rings. The second-order valence-electron chi connectivity index (χ2n) is 5.11. The van der Waals surface area contributed by atoms with Gasteiger partial charge in [0, 0.05) is 23.7 Å². The van der Waals surface area contributed by atoms with Gasteiger partial charge in [0.15, 0.2) is 5.78 Å². The third-order valence-corrected chi connectivity index (χ3v) is 3.75. The van der Waals surface area contributed by atoms with Crippen LogP contribution in [0.3, 0.4) is 0 Å². The highest BCUT2D eigenvalue weighted by Gasteiger charge is 2.20. The molecule has 3 heteroatoms. The van der Waals surface area contributed by atoms with Crippen molar-refractivity contribution in [2.45, 2.75) is 32.8 Å². The van der Waals surface area contributed by atoms with E-state index >= 15 is 0 Å². The van der Waals surface area contributed by atoms with E-state index in [1.807, 2.05) is 37.3 Å². The van der Waals surface area contributed by atoms with E-state index in [4.69, 9.17) is 4.74 Å². The highest BCUT2D eigenvalue weighted by molar-refractivity contribution is 5.99. The third-order valence-electron chi connectivity index (χ3n) is 3.75. The Balaban J connectivity index is 1.84. The Kier molecular flexibility index (Phi) is 3.50. The first-order valence-electron chi connectivity index (χ1n) is 6.94. The molecule has 0 radical (unpaired) electrons. The molecule has 1 aromatic heterocycles. The maximum Gasteiger partial charge on any atom is 0.163 e. The fourth-order valence-corrected chi connectivity index (χ4v) is 2.60. The van der Waals surface area contributed by atoms with Gasteiger partial charge in [0.1, 0.15) is 12.4 Å². The fourth-order valence-electron chi connectivity index (χ4n) is 2.60. The molecule has 1 aliphatic carbocycles. The van der Waals surface area contributed by atoms with Crippen LogP contribution in [0.25, 0.3) is 0 Å². The van der Waals surface area contributed by atoms with E-state index in [1.54, 1.807) is 6.20 Å². The highest BCUT2D eigenvalue weighted by atomic mass is 16.5. The Morgan fingerprint density at radius 1 is 1.20 bits per heavy atom. The van der Waals surface area contributed by atoms with E-state index in [0.29, 0.717) is 13.0 Å². The number of aryl methyl sites for hydroxylation is 1. The summed E-state index contributed by atoms with van der Waals surface area (Å²) in [5.41, 5.74) is 3.93. The molecule has 1 heterocycles. The fraction of sp³-hybridized carbons (Fsp3) is 0.294. The Bertz CT molecular complexity index is 649. The molecule has 0 saturated heterocycles. The van der Waals surface area contributed by atoms with Gasteiger partial charge in [-0.25, -0.2) is 0 Å². The van der Waals surface area contributed by atoms with E-state index < -0.39 is 0 Å². The van der Waals surface area contributed by atoms with Gasteiger partial charge in [-0.3, -0.25) is 9.78 Å². The minimum atomic E-state index is 0.228. The SMILES string of the molecule is Cc1cccnc1COc1cccc2c1CCCC2=O. The molecular formula is C17H17NO2. The van der Waals surface area contributed by atoms with E-state index in [-0.39, 0.29) is 5.78 Å². The Hall–Kier alpha value is -2.16. The maximum absolute atomic E-state index is 11.9. The first-order valence-corrected chi connectivity index (χ1v) is 6.94. The van der Waals surface area contributed by atoms with Gasteiger partial charge >= 0.3 is 0 Å². The summed E-state index contributed by atoms with van der Waals surface area (Å²) in [5.74, 6) is 1.05. The van der Waals surface area contributed by atoms with Crippen molar-refractivity contribution < 1.29 is 9.53 Å². The molecule has 0 N–H and O–H groups in total. The van der Waals surface area contributed by atoms with Crippen LogP contribution in [0.1, 0.15) is 40.0 Å². The van der Waals surface area contributed by atoms with Crippen LogP contribution < -0.4 is 4.74 Å². The Labute approximate surface area is 118 Å². The molecule has 102 valence electrons. The number of pyridine rings is 1. The number of hydrogen-bond acceptors (Lipinski definition) is 3. The van der Waals surface area contributed by atoms with Crippen molar-refractivity contribution in [3.8, 4) is 5.75 Å². The van der Waals surface area contributed by atoms with Gasteiger partial charge in [0.05, 0.1) is 5.69 Å². The lowest BCUT2D eigenvalue weighted by Crippen LogP contribution is -2.12. The molecule has 0 spiro atoms. The largest absolute Gasteiger partial charge is 0.487 e. The number of benzene rings is 1. The first-order chi connectivity index (χ1) is 9.75. The molecule has 0 bridgehead atoms. The number of nitrogens with zero attached hydrogens (tertiary/aromatic N) is 1. The van der Waals surface area contributed by atoms with E-state index in [1.165, 1.54) is 0 Å². The van der Waals surface area contributed by atoms with Gasteiger partial charge in [-0.05, 0) is 37.5 Å². The summed E-state index contributed by atoms with van der Waals surface area (Å²) in [4.78, 5) is 16.2. The van der Waals surface area contributed by atoms with Crippen molar-refractivity contribution in [3.63, 3.8) is 0 Å². The van der Waals surface area contributed by atoms with Crippen LogP contribution in [-0.2, 0) is 13.0 Å². The lowest BCUT2D eigenvalue weighted by molar-refractivity contribution is 0.0971. The molecular weight excluding hydrogens is 250 g/mol. The zero-order chi connectivity index (χ0) is 13.9. The Morgan fingerprint density at radius 3 is 2.95 bits per heavy atom. The van der Waals surface area contributed by atoms with Gasteiger partial charge in [-0.15, -0.1) is 0 Å². The van der Waals surface area contributed by atoms with Crippen LogP contribution in [0.4, 0.5) is 0 Å². The van der Waals surface area contributed by atoms with Crippen LogP contribution >= 0.6 is 0 Å². The monoisotopic (exact) mass is 267 g/mol. The zero-order valence-corrected chi connectivity index (χ0v) is 11.6. The van der Waals surface area contributed by atoms with Crippen LogP contribution in [0.2, 0.25) is 0 Å². The summed E-state index contributed by atoms with van der Waals surface area (Å²) in [5, 5.41) is 0. The number of hydrogen-bond donors (Lipinski definition) is 0. The molecule has 1 aromatic carbocycles. The van der Waals surface area contributed by atoms with Gasteiger partial charge in [-0.2, -0.15) is 0 Å². The molecule has 3 rings (SSSR count). The topological polar surface area (TPSA) is 39.2 Å². The molecule has 0 atom stereocenters. The molecule has 0 saturated carbocycles. The van der Waals surface area contributed by atoms with Crippen LogP contribution in [-0.4, -0.2) is 10.8 Å². The average molecular weight is 267 g/mol. The molecule has 0 amide bonds. The number of carbonyl (C=O) groups is 1. The van der Waals surface area contributed by atoms with Crippen LogP contribution in [0, 0.1) is 6.92 Å². The van der Waals surface area contributed by atoms with Crippen molar-refractivity contribution in [1.82, 2.24) is 4.98 Å². The second kappa shape index (κ2) is 5.45. The predicted molar refractivity (Wildman–Crippen MR) is 77.0 cm³/mol. The van der Waals surface area contributed by atoms with Crippen molar-refractivity contribution in [3.05, 3.63) is 58.9 Å². The summed E-state index contributed by atoms with van der Waals surface area (Å²) in [6.07, 6.45) is 4.25. The average Bonchev–Trinajstić information content (AvgIpc) is 2.47. The summed E-state index contributed by atoms with van der Waals surface area (Å²) in [6, 6.07) is 9.67. The summed E-state index contributed by atoms with van der Waals surface area (Å²) >= 11 is 0. The number of Topliss-reactive ketones (excluding diaryl/α,β-unsaturated/α-hetero) is 1. The number of ether oxygens (including phenoxy) is 1. The predicted octanol–water partition coefficient (Wildman–Crippen LogP) is 3.49. The standard InChI is InChI=1S/C17H17NO2/c1-12-5-4-10-18-15(12)11-20-17-9-3-6-13-14(17)7-2-8-16(13)19/h3-6,9-10H,2,7-8,11H2,1H3. The highest BCUT2D eigenvalue weighted by Crippen LogP contribution is 2.30. The van der Waals surface area contributed by atoms with Crippen LogP contribution in [0.5, 0.6) is 5.75 Å². The smallest absolute Gasteiger partial charge is 0.163 e. The molecule has 20 heavy (non-hydrogen) atoms. The molecule has 1 aliphatic rings. The normalized spacial score (nSPS) is 13.9. The van der Waals surface area contributed by atoms with E-state index in [2.05, 4.69) is 4.98 Å². The summed E-state index contributed by atoms with van der Waals surface area (Å²) in [7, 11) is 0. The van der Waals surface area contributed by atoms with E-state index in [0.717, 1.165) is 41.0 Å². The number of fused-ring (bicyclic) bond motifs is 1. The number of carbonyl (C=O) groups excluding carboxylic acids is 1. The number of ketones is 1. The molecule has 2 aromatic rings. The van der Waals surface area contributed by atoms with Gasteiger partial charge in [0.25, 0.3) is 0 Å². The van der Waals surface area contributed by atoms with Gasteiger partial charge in [-0.1, -0.05) is 18.2 Å². The zero-order valence-electron chi connectivity index (χ0n) is 11.6. The lowest BCUT2D eigenvalue weighted by atomic mass is 9.90. The summed E-state index contributed by atoms with van der Waals surface area (Å²) < 4.78 is 5.90. The number of rotatable bonds is 3. The van der Waals surface area contributed by atoms with Crippen molar-refractivity contribution in [2.75, 3.05) is 0 Å². The van der Waals surface area contributed by atoms with E-state index in [9.17, 15) is 4.79 Å². The Morgan fingerprint density at radius 2 is 2.10 bits per heavy atom. The second-order valence-corrected chi connectivity index (χ2v) is 5.11. The van der Waals surface area contributed by atoms with Crippen molar-refractivity contribution in [2.24, 2.45) is 0 Å². The van der Waals surface area contributed by atoms with Crippen LogP contribution in [0.15, 0.2) is 36.5 Å². The molecule has 0 unspecified atom stereocenters. The first kappa shape index (κ1) is 12.9. The minimum Gasteiger partial charge on any atom is -0.487 e. The quantitative estimate of drug-likeness (QED) is 0.854. The minimum absolute atomic E-state index is 0.228. The molecule has 0 aliphatic heterocycles. The van der Waals surface area contributed by atoms with Crippen molar-refractivity contribution >= 4 is 5.78 Å². The van der Waals surface area contributed by atoms with Gasteiger partial charge < -0.3 is 4.74 Å². The number of aromatic nitrogens is 1.